The highest BCUT2D eigenvalue weighted by molar-refractivity contribution is 5.85. The number of aliphatic hydroxyl groups excluding tert-OH is 1. The van der Waals surface area contributed by atoms with E-state index in [9.17, 15) is 9.90 Å². The molecule has 1 aliphatic rings. The van der Waals surface area contributed by atoms with Crippen molar-refractivity contribution in [2.24, 2.45) is 0 Å². The van der Waals surface area contributed by atoms with Crippen molar-refractivity contribution in [3.63, 3.8) is 0 Å². The molecule has 0 saturated carbocycles. The van der Waals surface area contributed by atoms with Gasteiger partial charge >= 0.3 is 0 Å². The molecule has 3 N–H and O–H groups in total. The number of nitrogens with zero attached hydrogens (tertiary/aromatic N) is 1. The number of aliphatic hydroxyl groups is 1. The number of benzene rings is 1. The first-order valence-electron chi connectivity index (χ1n) is 9.16. The Morgan fingerprint density at radius 2 is 2.19 bits per heavy atom. The van der Waals surface area contributed by atoms with Crippen LogP contribution in [0.5, 0.6) is 0 Å². The number of amides is 1. The average Bonchev–Trinajstić information content (AvgIpc) is 3.10. The number of hydrogen-bond donors (Lipinski definition) is 3. The summed E-state index contributed by atoms with van der Waals surface area (Å²) < 4.78 is 0. The number of rotatable bonds is 5. The summed E-state index contributed by atoms with van der Waals surface area (Å²) in [6.45, 7) is -0.0902. The van der Waals surface area contributed by atoms with E-state index in [4.69, 9.17) is 0 Å². The number of aryl methyl sites for hydroxylation is 1. The molecule has 4 rings (SSSR count). The van der Waals surface area contributed by atoms with Gasteiger partial charge in [-0.2, -0.15) is 0 Å². The molecule has 0 aliphatic heterocycles. The normalized spacial score (nSPS) is 17.7. The predicted octanol–water partition coefficient (Wildman–Crippen LogP) is 2.70. The monoisotopic (exact) mass is 349 g/mol. The second-order valence-corrected chi connectivity index (χ2v) is 6.94. The van der Waals surface area contributed by atoms with E-state index >= 15 is 0 Å². The summed E-state index contributed by atoms with van der Waals surface area (Å²) >= 11 is 0. The SMILES string of the molecule is O=C(N[C@@H](CO)Cc1c[nH]c2ccccc12)[C@@H]1CCCc2cccnc21. The van der Waals surface area contributed by atoms with Crippen molar-refractivity contribution in [3.05, 3.63) is 65.6 Å². The van der Waals surface area contributed by atoms with Gasteiger partial charge in [0.15, 0.2) is 0 Å². The predicted molar refractivity (Wildman–Crippen MR) is 101 cm³/mol. The number of pyridine rings is 1. The fraction of sp³-hybridized carbons (Fsp3) is 0.333. The van der Waals surface area contributed by atoms with Gasteiger partial charge in [0.2, 0.25) is 5.91 Å². The van der Waals surface area contributed by atoms with Crippen LogP contribution < -0.4 is 5.32 Å². The first-order chi connectivity index (χ1) is 12.8. The molecule has 1 amide bonds. The van der Waals surface area contributed by atoms with Gasteiger partial charge in [0.1, 0.15) is 0 Å². The highest BCUT2D eigenvalue weighted by Crippen LogP contribution is 2.30. The maximum Gasteiger partial charge on any atom is 0.229 e. The minimum Gasteiger partial charge on any atom is -0.394 e. The van der Waals surface area contributed by atoms with Gasteiger partial charge in [-0.25, -0.2) is 0 Å². The molecule has 5 heteroatoms. The van der Waals surface area contributed by atoms with Crippen LogP contribution in [0.25, 0.3) is 10.9 Å². The van der Waals surface area contributed by atoms with Crippen molar-refractivity contribution in [1.82, 2.24) is 15.3 Å². The van der Waals surface area contributed by atoms with Gasteiger partial charge in [-0.1, -0.05) is 24.3 Å². The summed E-state index contributed by atoms with van der Waals surface area (Å²) in [5.41, 5.74) is 4.22. The standard InChI is InChI=1S/C21H23N3O2/c25-13-16(11-15-12-23-19-9-2-1-7-17(15)19)24-21(26)18-8-3-5-14-6-4-10-22-20(14)18/h1-2,4,6-7,9-10,12,16,18,23,25H,3,5,8,11,13H2,(H,24,26)/t16-,18-/m1/s1. The Balaban J connectivity index is 1.49. The Hall–Kier alpha value is -2.66. The third-order valence-corrected chi connectivity index (χ3v) is 5.22. The lowest BCUT2D eigenvalue weighted by Gasteiger charge is -2.25. The number of H-pyrrole nitrogens is 1. The minimum absolute atomic E-state index is 0.0384. The quantitative estimate of drug-likeness (QED) is 0.663. The second-order valence-electron chi connectivity index (χ2n) is 6.94. The fourth-order valence-corrected chi connectivity index (χ4v) is 3.89. The summed E-state index contributed by atoms with van der Waals surface area (Å²) in [6, 6.07) is 11.7. The maximum atomic E-state index is 12.9. The lowest BCUT2D eigenvalue weighted by molar-refractivity contribution is -0.124. The number of aromatic nitrogens is 2. The van der Waals surface area contributed by atoms with E-state index in [1.165, 1.54) is 0 Å². The summed E-state index contributed by atoms with van der Waals surface area (Å²) in [6.07, 6.45) is 7.07. The minimum atomic E-state index is -0.309. The van der Waals surface area contributed by atoms with E-state index in [0.29, 0.717) is 6.42 Å². The molecule has 0 bridgehead atoms. The van der Waals surface area contributed by atoms with Crippen LogP contribution in [0.3, 0.4) is 0 Å². The van der Waals surface area contributed by atoms with Gasteiger partial charge in [-0.15, -0.1) is 0 Å². The number of aromatic amines is 1. The van der Waals surface area contributed by atoms with Crippen molar-refractivity contribution >= 4 is 16.8 Å². The molecule has 0 unspecified atom stereocenters. The number of para-hydroxylation sites is 1. The Bertz CT molecular complexity index is 918. The Morgan fingerprint density at radius 3 is 3.08 bits per heavy atom. The molecule has 26 heavy (non-hydrogen) atoms. The van der Waals surface area contributed by atoms with Gasteiger partial charge in [0.05, 0.1) is 24.3 Å². The molecule has 0 saturated heterocycles. The summed E-state index contributed by atoms with van der Waals surface area (Å²) in [5.74, 6) is -0.263. The van der Waals surface area contributed by atoms with Crippen molar-refractivity contribution in [2.45, 2.75) is 37.6 Å². The molecule has 1 aliphatic carbocycles. The molecule has 5 nitrogen and oxygen atoms in total. The Labute approximate surface area is 152 Å². The zero-order valence-corrected chi connectivity index (χ0v) is 14.6. The largest absolute Gasteiger partial charge is 0.394 e. The van der Waals surface area contributed by atoms with Gasteiger partial charge in [-0.05, 0) is 48.9 Å². The molecule has 0 radical (unpaired) electrons. The number of carbonyl (C=O) groups is 1. The van der Waals surface area contributed by atoms with E-state index in [0.717, 1.165) is 47.0 Å². The first kappa shape index (κ1) is 16.8. The molecular weight excluding hydrogens is 326 g/mol. The van der Waals surface area contributed by atoms with Crippen LogP contribution in [0.4, 0.5) is 0 Å². The molecule has 134 valence electrons. The zero-order chi connectivity index (χ0) is 17.9. The average molecular weight is 349 g/mol. The number of fused-ring (bicyclic) bond motifs is 2. The highest BCUT2D eigenvalue weighted by atomic mass is 16.3. The number of carbonyl (C=O) groups excluding carboxylic acids is 1. The lowest BCUT2D eigenvalue weighted by atomic mass is 9.86. The van der Waals surface area contributed by atoms with Crippen LogP contribution in [-0.4, -0.2) is 33.6 Å². The smallest absolute Gasteiger partial charge is 0.229 e. The molecule has 0 fully saturated rings. The maximum absolute atomic E-state index is 12.9. The summed E-state index contributed by atoms with van der Waals surface area (Å²) in [4.78, 5) is 20.5. The highest BCUT2D eigenvalue weighted by Gasteiger charge is 2.29. The second kappa shape index (κ2) is 7.30. The van der Waals surface area contributed by atoms with Gasteiger partial charge in [0.25, 0.3) is 0 Å². The number of hydrogen-bond acceptors (Lipinski definition) is 3. The zero-order valence-electron chi connectivity index (χ0n) is 14.6. The van der Waals surface area contributed by atoms with Crippen LogP contribution >= 0.6 is 0 Å². The van der Waals surface area contributed by atoms with Crippen LogP contribution in [-0.2, 0) is 17.6 Å². The summed E-state index contributed by atoms with van der Waals surface area (Å²) in [5, 5.41) is 14.0. The van der Waals surface area contributed by atoms with Crippen molar-refractivity contribution in [2.75, 3.05) is 6.61 Å². The number of nitrogens with one attached hydrogen (secondary N) is 2. The van der Waals surface area contributed by atoms with Crippen LogP contribution in [0.2, 0.25) is 0 Å². The van der Waals surface area contributed by atoms with Gasteiger partial charge in [0, 0.05) is 23.3 Å². The van der Waals surface area contributed by atoms with Crippen molar-refractivity contribution in [1.29, 1.82) is 0 Å². The third kappa shape index (κ3) is 3.22. The van der Waals surface area contributed by atoms with E-state index in [1.54, 1.807) is 6.20 Å². The van der Waals surface area contributed by atoms with Crippen molar-refractivity contribution < 1.29 is 9.90 Å². The Kier molecular flexibility index (Phi) is 4.71. The van der Waals surface area contributed by atoms with E-state index in [-0.39, 0.29) is 24.5 Å². The van der Waals surface area contributed by atoms with E-state index in [2.05, 4.69) is 27.4 Å². The van der Waals surface area contributed by atoms with Crippen LogP contribution in [0.15, 0.2) is 48.8 Å². The molecule has 3 aromatic rings. The molecule has 2 heterocycles. The van der Waals surface area contributed by atoms with E-state index < -0.39 is 0 Å². The fourth-order valence-electron chi connectivity index (χ4n) is 3.89. The van der Waals surface area contributed by atoms with Crippen LogP contribution in [0.1, 0.15) is 35.6 Å². The molecule has 2 aromatic heterocycles. The molecule has 2 atom stereocenters. The van der Waals surface area contributed by atoms with Crippen LogP contribution in [0, 0.1) is 0 Å². The van der Waals surface area contributed by atoms with Gasteiger partial charge in [-0.3, -0.25) is 9.78 Å². The summed E-state index contributed by atoms with van der Waals surface area (Å²) in [7, 11) is 0. The van der Waals surface area contributed by atoms with E-state index in [1.807, 2.05) is 30.5 Å². The molecular formula is C21H23N3O2. The first-order valence-corrected chi connectivity index (χ1v) is 9.16. The topological polar surface area (TPSA) is 78.0 Å². The third-order valence-electron chi connectivity index (χ3n) is 5.22. The van der Waals surface area contributed by atoms with Gasteiger partial charge < -0.3 is 15.4 Å². The lowest BCUT2D eigenvalue weighted by Crippen LogP contribution is -2.42. The molecule has 1 aromatic carbocycles. The van der Waals surface area contributed by atoms with Crippen molar-refractivity contribution in [3.8, 4) is 0 Å². The molecule has 0 spiro atoms. The Morgan fingerprint density at radius 1 is 1.31 bits per heavy atom.